The van der Waals surface area contributed by atoms with Crippen LogP contribution in [0.3, 0.4) is 0 Å². The number of nitrogens with two attached hydrogens (primary N) is 1. The van der Waals surface area contributed by atoms with Gasteiger partial charge in [0.05, 0.1) is 36.7 Å². The van der Waals surface area contributed by atoms with Crippen molar-refractivity contribution in [3.05, 3.63) is 270 Å². The molecule has 0 amide bonds. The summed E-state index contributed by atoms with van der Waals surface area (Å²) in [4.78, 5) is 66.6. The van der Waals surface area contributed by atoms with E-state index in [4.69, 9.17) is 30.7 Å². The molecule has 5 aromatic heterocycles. The van der Waals surface area contributed by atoms with Crippen LogP contribution in [0.15, 0.2) is 189 Å². The lowest BCUT2D eigenvalue weighted by Crippen LogP contribution is -2.23. The highest BCUT2D eigenvalue weighted by Crippen LogP contribution is 2.24. The van der Waals surface area contributed by atoms with Crippen molar-refractivity contribution in [3.8, 4) is 56.5 Å². The number of aromatic amines is 1. The summed E-state index contributed by atoms with van der Waals surface area (Å²) in [5, 5.41) is 40.7. The number of Topliss-reactive ketones (excluding diaryl/α,β-unsaturated/α-hetero) is 1. The minimum atomic E-state index is -1.08. The summed E-state index contributed by atoms with van der Waals surface area (Å²) in [7, 11) is 0. The Balaban J connectivity index is 0.000000180. The fraction of sp³-hybridized carbons (Fsp3) is 0.125. The molecule has 0 spiro atoms. The molecule has 5 N–H and O–H groups in total. The van der Waals surface area contributed by atoms with Gasteiger partial charge in [-0.25, -0.2) is 45.4 Å². The number of amidine groups is 1. The lowest BCUT2D eigenvalue weighted by atomic mass is 10.1. The maximum Gasteiger partial charge on any atom is 0.267 e. The second-order valence-electron chi connectivity index (χ2n) is 19.5. The van der Waals surface area contributed by atoms with Gasteiger partial charge in [0, 0.05) is 94.6 Å². The Morgan fingerprint density at radius 1 is 0.556 bits per heavy atom. The maximum absolute atomic E-state index is 13.5. The van der Waals surface area contributed by atoms with Crippen LogP contribution < -0.4 is 27.5 Å². The number of nitrogens with one attached hydrogen (secondary N) is 2. The Hall–Kier alpha value is -11.5. The molecule has 0 aliphatic carbocycles. The first-order valence-corrected chi connectivity index (χ1v) is 26.7. The fourth-order valence-electron chi connectivity index (χ4n) is 8.21. The third-order valence-corrected chi connectivity index (χ3v) is 12.1. The van der Waals surface area contributed by atoms with E-state index in [1.165, 1.54) is 81.6 Å². The molecule has 0 saturated carbocycles. The number of carbonyl (C=O) groups excluding carboxylic acids is 2. The van der Waals surface area contributed by atoms with Gasteiger partial charge in [-0.05, 0) is 110 Å². The largest absolute Gasteiger partial charge is 0.550 e. The predicted octanol–water partition coefficient (Wildman–Crippen LogP) is 8.38. The molecule has 0 bridgehead atoms. The summed E-state index contributed by atoms with van der Waals surface area (Å²) < 4.78 is 89.5. The molecule has 5 heterocycles. The van der Waals surface area contributed by atoms with Crippen molar-refractivity contribution in [2.45, 2.75) is 47.3 Å². The Kier molecular flexibility index (Phi) is 22.5. The lowest BCUT2D eigenvalue weighted by Gasteiger charge is -2.09. The number of aromatic nitrogens is 10. The van der Waals surface area contributed by atoms with Gasteiger partial charge in [0.2, 0.25) is 11.7 Å². The zero-order valence-corrected chi connectivity index (χ0v) is 48.2. The molecule has 90 heavy (non-hydrogen) atoms. The van der Waals surface area contributed by atoms with Crippen molar-refractivity contribution in [2.75, 3.05) is 6.61 Å². The Bertz CT molecular complexity index is 4310. The summed E-state index contributed by atoms with van der Waals surface area (Å²) >= 11 is 0. The second kappa shape index (κ2) is 30.7. The van der Waals surface area contributed by atoms with Gasteiger partial charge < -0.3 is 30.2 Å². The van der Waals surface area contributed by atoms with Gasteiger partial charge in [-0.2, -0.15) is 20.3 Å². The number of rotatable bonds is 13. The summed E-state index contributed by atoms with van der Waals surface area (Å²) in [6.07, 6.45) is 1.75. The Morgan fingerprint density at radius 3 is 1.27 bits per heavy atom. The number of aliphatic hydroxyl groups excluding tert-OH is 1. The zero-order valence-electron chi connectivity index (χ0n) is 48.2. The van der Waals surface area contributed by atoms with Crippen molar-refractivity contribution in [2.24, 2.45) is 5.73 Å². The molecule has 20 nitrogen and oxygen atoms in total. The van der Waals surface area contributed by atoms with Crippen molar-refractivity contribution >= 4 is 17.6 Å². The summed E-state index contributed by atoms with van der Waals surface area (Å²) in [6.45, 7) is 6.13. The summed E-state index contributed by atoms with van der Waals surface area (Å²) in [6, 6.07) is 39.4. The van der Waals surface area contributed by atoms with Crippen LogP contribution >= 0.6 is 0 Å². The van der Waals surface area contributed by atoms with E-state index >= 15 is 0 Å². The highest BCUT2D eigenvalue weighted by molar-refractivity contribution is 5.95. The quantitative estimate of drug-likeness (QED) is 0.0479. The number of aliphatic carboxylic acids is 1. The van der Waals surface area contributed by atoms with Crippen LogP contribution in [0, 0.1) is 54.2 Å². The van der Waals surface area contributed by atoms with E-state index in [0.717, 1.165) is 76.6 Å². The predicted molar refractivity (Wildman–Crippen MR) is 318 cm³/mol. The van der Waals surface area contributed by atoms with Crippen molar-refractivity contribution in [3.63, 3.8) is 0 Å². The van der Waals surface area contributed by atoms with Crippen LogP contribution in [0.5, 0.6) is 0 Å². The van der Waals surface area contributed by atoms with Crippen LogP contribution in [0.1, 0.15) is 47.7 Å². The zero-order chi connectivity index (χ0) is 65.2. The highest BCUT2D eigenvalue weighted by atomic mass is 19.2. The minimum Gasteiger partial charge on any atom is -0.550 e. The standard InChI is InChI=1S/C21H16F2N4O.C20H14F2N4O2.C18H14F2N4O.C3H6O2.C2H4O2/c1-13-11-24-21(25-13)15-4-2-3-14(7-15)12-27-20(28)6-5-19(26-27)16-8-17(22)10-18(23)9-16;1-12-23-20(25-28-12)14-4-2-3-13(7-14)11-26-19(27)6-5-18(24-26)15-8-16(21)10-17(22)9-15;19-14-7-13(8-15(20)9-14)16-4-5-17(25)24(23-16)10-11-2-1-3-12(6-11)18(21)22;1-3(5)2-4;1-2(3)4/h2-11H,12H2,1H3,(H,24,25);2-10H,11H2,1H3;1-9H,10H2,(H3,21,22);4H,2H2,1H3;1H3,(H,3,4)/p-1. The molecule has 0 atom stereocenters. The molecule has 0 aliphatic heterocycles. The molecule has 0 unspecified atom stereocenters. The van der Waals surface area contributed by atoms with E-state index in [-0.39, 0.29) is 76.9 Å². The molecule has 0 saturated heterocycles. The average molecular weight is 1230 g/mol. The van der Waals surface area contributed by atoms with Crippen LogP contribution in [-0.4, -0.2) is 78.8 Å². The van der Waals surface area contributed by atoms with E-state index in [1.54, 1.807) is 37.4 Å². The second-order valence-corrected chi connectivity index (χ2v) is 19.5. The number of halogens is 6. The Labute approximate surface area is 507 Å². The normalized spacial score (nSPS) is 10.5. The number of aliphatic hydroxyl groups is 1. The number of benzene rings is 6. The van der Waals surface area contributed by atoms with Crippen molar-refractivity contribution in [1.29, 1.82) is 5.41 Å². The third kappa shape index (κ3) is 19.5. The number of carbonyl (C=O) groups is 2. The summed E-state index contributed by atoms with van der Waals surface area (Å²) in [5.74, 6) is -3.97. The van der Waals surface area contributed by atoms with E-state index in [1.807, 2.05) is 55.5 Å². The fourth-order valence-corrected chi connectivity index (χ4v) is 8.21. The van der Waals surface area contributed by atoms with Gasteiger partial charge in [-0.1, -0.05) is 59.8 Å². The number of hydrogen-bond donors (Lipinski definition) is 4. The molecule has 26 heteroatoms. The van der Waals surface area contributed by atoms with Gasteiger partial charge in [-0.15, -0.1) is 0 Å². The maximum atomic E-state index is 13.5. The summed E-state index contributed by atoms with van der Waals surface area (Å²) in [5.41, 5.74) is 11.6. The van der Waals surface area contributed by atoms with Gasteiger partial charge in [-0.3, -0.25) is 24.6 Å². The van der Waals surface area contributed by atoms with Crippen molar-refractivity contribution in [1.82, 2.24) is 49.5 Å². The molecule has 460 valence electrons. The number of nitrogens with zero attached hydrogens (tertiary/aromatic N) is 9. The van der Waals surface area contributed by atoms with E-state index < -0.39 is 40.9 Å². The molecule has 6 aromatic carbocycles. The number of hydrogen-bond acceptors (Lipinski definition) is 15. The topological polar surface area (TPSA) is 300 Å². The van der Waals surface area contributed by atoms with Gasteiger partial charge in [0.25, 0.3) is 16.7 Å². The third-order valence-electron chi connectivity index (χ3n) is 12.1. The minimum absolute atomic E-state index is 0.0776. The first-order chi connectivity index (χ1) is 42.9. The number of carboxylic acids is 1. The molecule has 11 aromatic rings. The van der Waals surface area contributed by atoms with Crippen LogP contribution in [-0.2, 0) is 29.2 Å². The van der Waals surface area contributed by atoms with E-state index in [2.05, 4.69) is 35.4 Å². The number of H-pyrrole nitrogens is 1. The average Bonchev–Trinajstić information content (AvgIpc) is 3.86. The molecular formula is C64H53F6N12O8-. The SMILES string of the molecule is CC(=O)CO.CC(=O)[O-].Cc1cnc(-c2cccc(Cn3nc(-c4cc(F)cc(F)c4)ccc3=O)c2)[nH]1.Cc1nc(-c2cccc(Cn3nc(-c4cc(F)cc(F)c4)ccc3=O)c2)no1.N=C(N)c1cccc(Cn2nc(-c3cc(F)cc(F)c3)ccc2=O)c1. The number of imidazole rings is 1. The van der Waals surface area contributed by atoms with Gasteiger partial charge in [0.15, 0.2) is 5.78 Å². The number of ketones is 1. The van der Waals surface area contributed by atoms with Crippen LogP contribution in [0.2, 0.25) is 0 Å². The molecule has 0 aliphatic rings. The highest BCUT2D eigenvalue weighted by Gasteiger charge is 2.14. The first-order valence-electron chi connectivity index (χ1n) is 26.7. The van der Waals surface area contributed by atoms with E-state index in [0.29, 0.717) is 28.7 Å². The smallest absolute Gasteiger partial charge is 0.267 e. The number of aryl methyl sites for hydroxylation is 2. The van der Waals surface area contributed by atoms with Gasteiger partial charge >= 0.3 is 0 Å². The number of carboxylic acid groups (broad SMARTS) is 1. The van der Waals surface area contributed by atoms with Crippen LogP contribution in [0.25, 0.3) is 56.5 Å². The lowest BCUT2D eigenvalue weighted by molar-refractivity contribution is -0.302. The first kappa shape index (κ1) is 66.0. The Morgan fingerprint density at radius 2 is 0.922 bits per heavy atom. The molecule has 0 radical (unpaired) electrons. The number of nitrogen functional groups attached to an aromatic ring is 1. The monoisotopic (exact) mass is 1230 g/mol. The van der Waals surface area contributed by atoms with Crippen LogP contribution in [0.4, 0.5) is 26.3 Å². The van der Waals surface area contributed by atoms with Crippen molar-refractivity contribution < 1.29 is 50.7 Å². The molecule has 0 fully saturated rings. The van der Waals surface area contributed by atoms with Gasteiger partial charge in [0.1, 0.15) is 53.2 Å². The molecular weight excluding hydrogens is 1180 g/mol. The molecule has 11 rings (SSSR count). The van der Waals surface area contributed by atoms with E-state index in [9.17, 15) is 45.5 Å².